The van der Waals surface area contributed by atoms with E-state index in [-0.39, 0.29) is 5.41 Å². The average molecular weight is 266 g/mol. The fourth-order valence-electron chi connectivity index (χ4n) is 5.66. The van der Waals surface area contributed by atoms with Crippen molar-refractivity contribution < 1.29 is 14.6 Å². The van der Waals surface area contributed by atoms with Crippen molar-refractivity contribution in [3.05, 3.63) is 0 Å². The Morgan fingerprint density at radius 3 is 2.68 bits per heavy atom. The first-order valence-corrected chi connectivity index (χ1v) is 7.87. The molecule has 3 nitrogen and oxygen atoms in total. The predicted octanol–water partition coefficient (Wildman–Crippen LogP) is 3.06. The third kappa shape index (κ3) is 1.39. The lowest BCUT2D eigenvalue weighted by molar-refractivity contribution is -0.313. The minimum atomic E-state index is -0.998. The Hall–Kier alpha value is -0.120. The summed E-state index contributed by atoms with van der Waals surface area (Å²) in [5.74, 6) is -0.392. The highest BCUT2D eigenvalue weighted by Crippen LogP contribution is 2.67. The summed E-state index contributed by atoms with van der Waals surface area (Å²) in [6.45, 7) is 7.49. The zero-order valence-corrected chi connectivity index (χ0v) is 12.4. The van der Waals surface area contributed by atoms with E-state index in [4.69, 9.17) is 9.47 Å². The van der Waals surface area contributed by atoms with Crippen LogP contribution in [-0.2, 0) is 9.47 Å². The number of rotatable bonds is 0. The molecule has 5 atom stereocenters. The molecule has 108 valence electrons. The maximum atomic E-state index is 11.0. The zero-order chi connectivity index (χ0) is 13.5. The summed E-state index contributed by atoms with van der Waals surface area (Å²) in [5, 5.41) is 11.0. The van der Waals surface area contributed by atoms with Gasteiger partial charge < -0.3 is 14.6 Å². The monoisotopic (exact) mass is 266 g/mol. The molecule has 0 radical (unpaired) electrons. The molecule has 1 aliphatic carbocycles. The van der Waals surface area contributed by atoms with Crippen LogP contribution in [0.2, 0.25) is 0 Å². The number of fused-ring (bicyclic) bond motifs is 1. The largest absolute Gasteiger partial charge is 0.365 e. The second kappa shape index (κ2) is 3.37. The van der Waals surface area contributed by atoms with Gasteiger partial charge in [0.1, 0.15) is 0 Å². The Labute approximate surface area is 115 Å². The molecule has 1 saturated carbocycles. The number of hydrogen-bond donors (Lipinski definition) is 1. The molecule has 1 spiro atoms. The quantitative estimate of drug-likeness (QED) is 0.732. The minimum absolute atomic E-state index is 0.208. The van der Waals surface area contributed by atoms with Crippen LogP contribution < -0.4 is 0 Å². The molecule has 1 N–H and O–H groups in total. The average Bonchev–Trinajstić information content (AvgIpc) is 2.71. The van der Waals surface area contributed by atoms with Crippen molar-refractivity contribution in [3.8, 4) is 0 Å². The summed E-state index contributed by atoms with van der Waals surface area (Å²) in [6, 6.07) is 0. The third-order valence-corrected chi connectivity index (χ3v) is 6.68. The van der Waals surface area contributed by atoms with Gasteiger partial charge in [-0.15, -0.1) is 0 Å². The lowest BCUT2D eigenvalue weighted by atomic mass is 9.56. The van der Waals surface area contributed by atoms with Crippen molar-refractivity contribution in [2.24, 2.45) is 22.7 Å². The summed E-state index contributed by atoms with van der Waals surface area (Å²) in [4.78, 5) is 0. The summed E-state index contributed by atoms with van der Waals surface area (Å²) in [7, 11) is 0. The van der Waals surface area contributed by atoms with Crippen molar-refractivity contribution in [1.29, 1.82) is 0 Å². The fourth-order valence-corrected chi connectivity index (χ4v) is 5.66. The molecule has 0 aromatic carbocycles. The molecule has 4 aliphatic rings. The Kier molecular flexibility index (Phi) is 2.24. The summed E-state index contributed by atoms with van der Waals surface area (Å²) in [6.07, 6.45) is 6.50. The third-order valence-electron chi connectivity index (χ3n) is 6.68. The van der Waals surface area contributed by atoms with E-state index in [1.165, 1.54) is 19.3 Å². The van der Waals surface area contributed by atoms with Gasteiger partial charge in [0.25, 0.3) is 0 Å². The van der Waals surface area contributed by atoms with Crippen LogP contribution in [0.1, 0.15) is 59.3 Å². The van der Waals surface area contributed by atoms with Gasteiger partial charge in [-0.05, 0) is 30.6 Å². The Morgan fingerprint density at radius 1 is 1.11 bits per heavy atom. The van der Waals surface area contributed by atoms with Gasteiger partial charge in [0.05, 0.1) is 6.61 Å². The predicted molar refractivity (Wildman–Crippen MR) is 71.3 cm³/mol. The maximum absolute atomic E-state index is 11.0. The molecular formula is C16H26O3. The first-order chi connectivity index (χ1) is 8.81. The van der Waals surface area contributed by atoms with Gasteiger partial charge >= 0.3 is 0 Å². The van der Waals surface area contributed by atoms with Crippen LogP contribution in [0.3, 0.4) is 0 Å². The Bertz CT molecular complexity index is 420. The van der Waals surface area contributed by atoms with Crippen LogP contribution in [0.25, 0.3) is 0 Å². The molecule has 3 saturated heterocycles. The van der Waals surface area contributed by atoms with Crippen LogP contribution in [0.5, 0.6) is 0 Å². The summed E-state index contributed by atoms with van der Waals surface area (Å²) < 4.78 is 12.5. The molecule has 0 aromatic rings. The van der Waals surface area contributed by atoms with Crippen molar-refractivity contribution in [2.45, 2.75) is 70.9 Å². The second-order valence-corrected chi connectivity index (χ2v) is 8.35. The van der Waals surface area contributed by atoms with E-state index in [2.05, 4.69) is 20.8 Å². The molecule has 1 unspecified atom stereocenters. The van der Waals surface area contributed by atoms with Crippen LogP contribution in [0.4, 0.5) is 0 Å². The van der Waals surface area contributed by atoms with E-state index in [1.54, 1.807) is 0 Å². The first-order valence-electron chi connectivity index (χ1n) is 7.87. The molecule has 3 heterocycles. The SMILES string of the molecule is CC1(C)C[C@@]23OC[C@H]4CCC[C@@](C)(CCC1(O)O2)[C@H]43. The van der Waals surface area contributed by atoms with Crippen LogP contribution >= 0.6 is 0 Å². The highest BCUT2D eigenvalue weighted by Gasteiger charge is 2.71. The summed E-state index contributed by atoms with van der Waals surface area (Å²) in [5.41, 5.74) is 0.0844. The van der Waals surface area contributed by atoms with Crippen molar-refractivity contribution in [3.63, 3.8) is 0 Å². The van der Waals surface area contributed by atoms with Crippen molar-refractivity contribution in [1.82, 2.24) is 0 Å². The molecule has 19 heavy (non-hydrogen) atoms. The normalized spacial score (nSPS) is 58.7. The molecule has 4 fully saturated rings. The topological polar surface area (TPSA) is 38.7 Å². The van der Waals surface area contributed by atoms with E-state index < -0.39 is 11.6 Å². The number of aliphatic hydroxyl groups is 1. The Balaban J connectivity index is 1.84. The molecule has 0 amide bonds. The Morgan fingerprint density at radius 2 is 1.89 bits per heavy atom. The van der Waals surface area contributed by atoms with Crippen molar-refractivity contribution in [2.75, 3.05) is 6.61 Å². The minimum Gasteiger partial charge on any atom is -0.365 e. The lowest BCUT2D eigenvalue weighted by Gasteiger charge is -2.47. The zero-order valence-electron chi connectivity index (χ0n) is 12.4. The molecular weight excluding hydrogens is 240 g/mol. The van der Waals surface area contributed by atoms with Gasteiger partial charge in [-0.25, -0.2) is 0 Å². The van der Waals surface area contributed by atoms with E-state index in [9.17, 15) is 5.11 Å². The highest BCUT2D eigenvalue weighted by molar-refractivity contribution is 5.12. The highest BCUT2D eigenvalue weighted by atomic mass is 16.8. The van der Waals surface area contributed by atoms with Crippen LogP contribution in [0, 0.1) is 22.7 Å². The van der Waals surface area contributed by atoms with Crippen LogP contribution in [0.15, 0.2) is 0 Å². The standard InChI is InChI=1S/C16H26O3/c1-13(2)10-15-12-11(9-18-15)5-4-6-14(12,3)7-8-16(13,17)19-15/h11-12,17H,4-10H2,1-3H3/t11-,12+,14+,15-,16?/m1/s1. The lowest BCUT2D eigenvalue weighted by Crippen LogP contribution is -2.47. The first kappa shape index (κ1) is 12.6. The smallest absolute Gasteiger partial charge is 0.176 e. The van der Waals surface area contributed by atoms with Crippen molar-refractivity contribution >= 4 is 0 Å². The second-order valence-electron chi connectivity index (χ2n) is 8.35. The molecule has 3 aliphatic heterocycles. The van der Waals surface area contributed by atoms with Gasteiger partial charge in [-0.3, -0.25) is 0 Å². The number of ether oxygens (including phenoxy) is 2. The fraction of sp³-hybridized carbons (Fsp3) is 1.00. The molecule has 4 rings (SSSR count). The summed E-state index contributed by atoms with van der Waals surface area (Å²) >= 11 is 0. The molecule has 0 aromatic heterocycles. The van der Waals surface area contributed by atoms with E-state index >= 15 is 0 Å². The van der Waals surface area contributed by atoms with E-state index in [0.717, 1.165) is 25.9 Å². The van der Waals surface area contributed by atoms with Gasteiger partial charge in [0.2, 0.25) is 0 Å². The van der Waals surface area contributed by atoms with E-state index in [0.29, 0.717) is 17.3 Å². The van der Waals surface area contributed by atoms with Gasteiger partial charge in [0, 0.05) is 24.2 Å². The maximum Gasteiger partial charge on any atom is 0.176 e. The van der Waals surface area contributed by atoms with Gasteiger partial charge in [0.15, 0.2) is 11.6 Å². The molecule has 3 heteroatoms. The molecule has 2 bridgehead atoms. The van der Waals surface area contributed by atoms with E-state index in [1.807, 2.05) is 0 Å². The number of hydrogen-bond acceptors (Lipinski definition) is 3. The van der Waals surface area contributed by atoms with Gasteiger partial charge in [-0.1, -0.05) is 27.2 Å². The van der Waals surface area contributed by atoms with Crippen LogP contribution in [-0.4, -0.2) is 23.3 Å². The van der Waals surface area contributed by atoms with Gasteiger partial charge in [-0.2, -0.15) is 0 Å².